The summed E-state index contributed by atoms with van der Waals surface area (Å²) >= 11 is 12.3. The first-order valence-electron chi connectivity index (χ1n) is 9.62. The van der Waals surface area contributed by atoms with Gasteiger partial charge in [-0.2, -0.15) is 0 Å². The second-order valence-electron chi connectivity index (χ2n) is 7.41. The van der Waals surface area contributed by atoms with Gasteiger partial charge >= 0.3 is 0 Å². The molecule has 12 heteroatoms. The third-order valence-electron chi connectivity index (χ3n) is 5.16. The molecular formula is C19H21Cl2N7O2S. The van der Waals surface area contributed by atoms with Crippen LogP contribution in [0.2, 0.25) is 10.2 Å². The Kier molecular flexibility index (Phi) is 6.16. The van der Waals surface area contributed by atoms with Crippen LogP contribution in [0, 0.1) is 6.92 Å². The Morgan fingerprint density at radius 1 is 1.16 bits per heavy atom. The van der Waals surface area contributed by atoms with Crippen LogP contribution in [0.5, 0.6) is 0 Å². The van der Waals surface area contributed by atoms with E-state index in [1.165, 1.54) is 10.6 Å². The molecule has 0 bridgehead atoms. The highest BCUT2D eigenvalue weighted by Crippen LogP contribution is 2.28. The summed E-state index contributed by atoms with van der Waals surface area (Å²) in [6.07, 6.45) is 9.40. The number of aromatic nitrogens is 5. The van der Waals surface area contributed by atoms with Gasteiger partial charge < -0.3 is 9.88 Å². The van der Waals surface area contributed by atoms with Crippen LogP contribution in [0.4, 0.5) is 5.95 Å². The van der Waals surface area contributed by atoms with E-state index in [1.807, 2.05) is 13.1 Å². The van der Waals surface area contributed by atoms with Crippen molar-refractivity contribution in [3.63, 3.8) is 0 Å². The molecule has 0 saturated carbocycles. The zero-order valence-electron chi connectivity index (χ0n) is 17.0. The van der Waals surface area contributed by atoms with Crippen molar-refractivity contribution in [3.05, 3.63) is 46.7 Å². The third-order valence-corrected chi connectivity index (χ3v) is 7.22. The van der Waals surface area contributed by atoms with E-state index in [0.717, 1.165) is 5.56 Å². The van der Waals surface area contributed by atoms with E-state index in [-0.39, 0.29) is 11.2 Å². The SMILES string of the molecule is Cc1cnc(NC2CCN(S(C)(=O)=O)CC2)nc1-c1cn(-c2ccnc(Cl)c2Cl)cn1. The average molecular weight is 482 g/mol. The fourth-order valence-electron chi connectivity index (χ4n) is 3.47. The minimum atomic E-state index is -3.15. The molecule has 1 N–H and O–H groups in total. The Morgan fingerprint density at radius 3 is 2.61 bits per heavy atom. The van der Waals surface area contributed by atoms with Crippen LogP contribution in [0.25, 0.3) is 17.1 Å². The van der Waals surface area contributed by atoms with Gasteiger partial charge in [0.1, 0.15) is 22.2 Å². The van der Waals surface area contributed by atoms with Crippen LogP contribution in [0.3, 0.4) is 0 Å². The van der Waals surface area contributed by atoms with Crippen molar-refractivity contribution in [2.24, 2.45) is 0 Å². The van der Waals surface area contributed by atoms with E-state index in [9.17, 15) is 8.42 Å². The second-order valence-corrected chi connectivity index (χ2v) is 10.1. The number of nitrogens with one attached hydrogen (secondary N) is 1. The molecule has 0 unspecified atom stereocenters. The van der Waals surface area contributed by atoms with E-state index in [2.05, 4.69) is 25.3 Å². The lowest BCUT2D eigenvalue weighted by Crippen LogP contribution is -2.42. The summed E-state index contributed by atoms with van der Waals surface area (Å²) in [6.45, 7) is 2.88. The Bertz CT molecular complexity index is 1210. The number of aryl methyl sites for hydroxylation is 1. The molecule has 0 amide bonds. The molecule has 0 aromatic carbocycles. The Hall–Kier alpha value is -2.27. The molecule has 1 fully saturated rings. The lowest BCUT2D eigenvalue weighted by Gasteiger charge is -2.30. The number of piperidine rings is 1. The summed E-state index contributed by atoms with van der Waals surface area (Å²) in [6, 6.07) is 1.85. The smallest absolute Gasteiger partial charge is 0.223 e. The maximum absolute atomic E-state index is 11.7. The molecule has 0 spiro atoms. The van der Waals surface area contributed by atoms with Crippen molar-refractivity contribution in [3.8, 4) is 17.1 Å². The molecule has 4 heterocycles. The number of pyridine rings is 1. The van der Waals surface area contributed by atoms with E-state index in [0.29, 0.717) is 54.0 Å². The van der Waals surface area contributed by atoms with Gasteiger partial charge in [-0.1, -0.05) is 23.2 Å². The largest absolute Gasteiger partial charge is 0.351 e. The van der Waals surface area contributed by atoms with Crippen LogP contribution < -0.4 is 5.32 Å². The fraction of sp³-hybridized carbons (Fsp3) is 0.368. The van der Waals surface area contributed by atoms with Gasteiger partial charge in [0.15, 0.2) is 0 Å². The second kappa shape index (κ2) is 8.70. The van der Waals surface area contributed by atoms with Crippen LogP contribution in [0.15, 0.2) is 31.0 Å². The zero-order valence-corrected chi connectivity index (χ0v) is 19.3. The molecule has 0 aliphatic carbocycles. The lowest BCUT2D eigenvalue weighted by molar-refractivity contribution is 0.331. The van der Waals surface area contributed by atoms with Gasteiger partial charge in [-0.25, -0.2) is 32.7 Å². The fourth-order valence-corrected chi connectivity index (χ4v) is 4.71. The average Bonchev–Trinajstić information content (AvgIpc) is 3.21. The van der Waals surface area contributed by atoms with E-state index < -0.39 is 10.0 Å². The number of nitrogens with zero attached hydrogens (tertiary/aromatic N) is 6. The minimum absolute atomic E-state index is 0.101. The molecule has 3 aromatic heterocycles. The van der Waals surface area contributed by atoms with E-state index in [4.69, 9.17) is 23.2 Å². The number of hydrogen-bond donors (Lipinski definition) is 1. The van der Waals surface area contributed by atoms with Gasteiger partial charge in [-0.15, -0.1) is 0 Å². The molecule has 164 valence electrons. The van der Waals surface area contributed by atoms with E-state index >= 15 is 0 Å². The molecule has 4 rings (SSSR count). The van der Waals surface area contributed by atoms with Gasteiger partial charge in [0.2, 0.25) is 16.0 Å². The number of halogens is 2. The molecule has 0 radical (unpaired) electrons. The van der Waals surface area contributed by atoms with Crippen LogP contribution >= 0.6 is 23.2 Å². The first-order valence-corrected chi connectivity index (χ1v) is 12.2. The maximum Gasteiger partial charge on any atom is 0.223 e. The Balaban J connectivity index is 1.53. The first kappa shape index (κ1) is 21.9. The normalized spacial score (nSPS) is 15.9. The van der Waals surface area contributed by atoms with Crippen molar-refractivity contribution in [2.45, 2.75) is 25.8 Å². The maximum atomic E-state index is 11.7. The highest BCUT2D eigenvalue weighted by Gasteiger charge is 2.25. The molecule has 1 aliphatic heterocycles. The van der Waals surface area contributed by atoms with Gasteiger partial charge in [-0.3, -0.25) is 0 Å². The molecule has 3 aromatic rings. The van der Waals surface area contributed by atoms with E-state index in [1.54, 1.807) is 29.4 Å². The van der Waals surface area contributed by atoms with Crippen LogP contribution in [-0.2, 0) is 10.0 Å². The highest BCUT2D eigenvalue weighted by atomic mass is 35.5. The highest BCUT2D eigenvalue weighted by molar-refractivity contribution is 7.88. The van der Waals surface area contributed by atoms with Gasteiger partial charge in [-0.05, 0) is 31.4 Å². The summed E-state index contributed by atoms with van der Waals surface area (Å²) < 4.78 is 26.6. The number of imidazole rings is 1. The molecular weight excluding hydrogens is 461 g/mol. The van der Waals surface area contributed by atoms with Crippen molar-refractivity contribution < 1.29 is 8.42 Å². The molecule has 31 heavy (non-hydrogen) atoms. The van der Waals surface area contributed by atoms with Crippen LogP contribution in [-0.4, -0.2) is 62.6 Å². The van der Waals surface area contributed by atoms with Gasteiger partial charge in [0, 0.05) is 37.7 Å². The van der Waals surface area contributed by atoms with Crippen LogP contribution in [0.1, 0.15) is 18.4 Å². The monoisotopic (exact) mass is 481 g/mol. The summed E-state index contributed by atoms with van der Waals surface area (Å²) in [4.78, 5) is 17.5. The van der Waals surface area contributed by atoms with Crippen molar-refractivity contribution in [1.29, 1.82) is 0 Å². The summed E-state index contributed by atoms with van der Waals surface area (Å²) in [7, 11) is -3.15. The number of rotatable bonds is 5. The Morgan fingerprint density at radius 2 is 1.90 bits per heavy atom. The predicted octanol–water partition coefficient (Wildman–Crippen LogP) is 3.18. The molecule has 1 saturated heterocycles. The van der Waals surface area contributed by atoms with Crippen molar-refractivity contribution in [1.82, 2.24) is 28.8 Å². The molecule has 1 aliphatic rings. The first-order chi connectivity index (χ1) is 14.7. The quantitative estimate of drug-likeness (QED) is 0.557. The van der Waals surface area contributed by atoms with Crippen molar-refractivity contribution >= 4 is 39.2 Å². The van der Waals surface area contributed by atoms with Gasteiger partial charge in [0.25, 0.3) is 0 Å². The summed E-state index contributed by atoms with van der Waals surface area (Å²) in [5.41, 5.74) is 2.91. The summed E-state index contributed by atoms with van der Waals surface area (Å²) in [5, 5.41) is 3.89. The summed E-state index contributed by atoms with van der Waals surface area (Å²) in [5.74, 6) is 0.484. The number of sulfonamides is 1. The number of hydrogen-bond acceptors (Lipinski definition) is 7. The molecule has 0 atom stereocenters. The molecule has 9 nitrogen and oxygen atoms in total. The van der Waals surface area contributed by atoms with Crippen molar-refractivity contribution in [2.75, 3.05) is 24.7 Å². The Labute approximate surface area is 190 Å². The number of anilines is 1. The minimum Gasteiger partial charge on any atom is -0.351 e. The predicted molar refractivity (Wildman–Crippen MR) is 120 cm³/mol. The standard InChI is InChI=1S/C19H21Cl2N7O2S/c1-12-9-23-19(25-13-4-7-28(8-5-13)31(2,29)30)26-17(12)14-10-27(11-24-14)15-3-6-22-18(21)16(15)20/h3,6,9-11,13H,4-5,7-8H2,1-2H3,(H,23,25,26). The van der Waals surface area contributed by atoms with Gasteiger partial charge in [0.05, 0.1) is 17.6 Å². The topological polar surface area (TPSA) is 106 Å². The third kappa shape index (κ3) is 4.82. The lowest BCUT2D eigenvalue weighted by atomic mass is 10.1. The zero-order chi connectivity index (χ0) is 22.2.